The Morgan fingerprint density at radius 2 is 1.93 bits per heavy atom. The maximum Gasteiger partial charge on any atom is 0.411 e. The first-order valence-corrected chi connectivity index (χ1v) is 8.75. The van der Waals surface area contributed by atoms with Gasteiger partial charge in [-0.05, 0) is 26.0 Å². The Kier molecular flexibility index (Phi) is 7.43. The van der Waals surface area contributed by atoms with Gasteiger partial charge in [0, 0.05) is 32.4 Å². The number of hydrogen-bond donors (Lipinski definition) is 1. The van der Waals surface area contributed by atoms with Crippen LogP contribution < -0.4 is 10.2 Å². The van der Waals surface area contributed by atoms with E-state index in [1.165, 1.54) is 0 Å². The van der Waals surface area contributed by atoms with E-state index in [0.29, 0.717) is 38.5 Å². The number of carbonyl (C=O) groups excluding carboxylic acids is 2. The van der Waals surface area contributed by atoms with E-state index in [1.54, 1.807) is 32.3 Å². The Morgan fingerprint density at radius 1 is 1.22 bits per heavy atom. The summed E-state index contributed by atoms with van der Waals surface area (Å²) in [4.78, 5) is 31.5. The molecule has 144 valence electrons. The van der Waals surface area contributed by atoms with Crippen LogP contribution >= 0.6 is 0 Å². The number of anilines is 2. The number of nitriles is 1. The first-order chi connectivity index (χ1) is 13.1. The maximum atomic E-state index is 11.7. The highest BCUT2D eigenvalue weighted by Crippen LogP contribution is 2.17. The minimum Gasteiger partial charge on any atom is -0.462 e. The molecule has 0 spiro atoms. The summed E-state index contributed by atoms with van der Waals surface area (Å²) in [7, 11) is 0. The number of ether oxygens (including phenoxy) is 2. The van der Waals surface area contributed by atoms with Gasteiger partial charge in [0.2, 0.25) is 0 Å². The third-order valence-electron chi connectivity index (χ3n) is 3.84. The topological polar surface area (TPSA) is 108 Å². The Hall–Kier alpha value is -3.28. The quantitative estimate of drug-likeness (QED) is 0.456. The molecule has 0 bridgehead atoms. The lowest BCUT2D eigenvalue weighted by Gasteiger charge is -2.34. The number of esters is 1. The predicted molar refractivity (Wildman–Crippen MR) is 99.0 cm³/mol. The zero-order valence-corrected chi connectivity index (χ0v) is 15.5. The lowest BCUT2D eigenvalue weighted by atomic mass is 10.2. The van der Waals surface area contributed by atoms with Crippen molar-refractivity contribution in [1.82, 2.24) is 9.88 Å². The summed E-state index contributed by atoms with van der Waals surface area (Å²) in [5.74, 6) is 0.188. The highest BCUT2D eigenvalue weighted by atomic mass is 16.5. The monoisotopic (exact) mass is 373 g/mol. The van der Waals surface area contributed by atoms with E-state index in [1.807, 2.05) is 17.0 Å². The smallest absolute Gasteiger partial charge is 0.411 e. The van der Waals surface area contributed by atoms with Gasteiger partial charge in [-0.25, -0.2) is 14.6 Å². The van der Waals surface area contributed by atoms with Gasteiger partial charge in [-0.3, -0.25) is 5.32 Å². The van der Waals surface area contributed by atoms with Crippen LogP contribution in [0.25, 0.3) is 0 Å². The van der Waals surface area contributed by atoms with Crippen LogP contribution in [0.4, 0.5) is 16.3 Å². The van der Waals surface area contributed by atoms with Crippen molar-refractivity contribution in [3.05, 3.63) is 30.1 Å². The average molecular weight is 373 g/mol. The van der Waals surface area contributed by atoms with Crippen molar-refractivity contribution in [2.24, 2.45) is 0 Å². The minimum atomic E-state index is -0.603. The van der Waals surface area contributed by atoms with Crippen LogP contribution in [0.1, 0.15) is 13.8 Å². The number of rotatable bonds is 6. The normalized spacial score (nSPS) is 14.3. The minimum absolute atomic E-state index is 0.00202. The van der Waals surface area contributed by atoms with Gasteiger partial charge in [0.25, 0.3) is 0 Å². The van der Waals surface area contributed by atoms with Gasteiger partial charge in [-0.15, -0.1) is 0 Å². The molecule has 2 rings (SSSR count). The van der Waals surface area contributed by atoms with E-state index < -0.39 is 12.1 Å². The van der Waals surface area contributed by atoms with Gasteiger partial charge < -0.3 is 19.3 Å². The number of nitrogens with one attached hydrogen (secondary N) is 1. The molecule has 2 heterocycles. The summed E-state index contributed by atoms with van der Waals surface area (Å²) in [5.41, 5.74) is 0.560. The molecule has 1 N–H and O–H groups in total. The van der Waals surface area contributed by atoms with Gasteiger partial charge in [-0.1, -0.05) is 0 Å². The molecule has 9 heteroatoms. The van der Waals surface area contributed by atoms with Crippen molar-refractivity contribution in [3.8, 4) is 6.07 Å². The average Bonchev–Trinajstić information content (AvgIpc) is 2.67. The Bertz CT molecular complexity index is 718. The van der Waals surface area contributed by atoms with Crippen molar-refractivity contribution < 1.29 is 19.1 Å². The lowest BCUT2D eigenvalue weighted by molar-refractivity contribution is -0.138. The molecule has 0 saturated carbocycles. The summed E-state index contributed by atoms with van der Waals surface area (Å²) in [6, 6.07) is 5.47. The van der Waals surface area contributed by atoms with Gasteiger partial charge in [0.05, 0.1) is 25.1 Å². The highest BCUT2D eigenvalue weighted by Gasteiger charge is 2.19. The molecule has 1 aromatic heterocycles. The standard InChI is InChI=1S/C18H23N5O4/c1-3-26-17(24)14(11-19)13-22-7-9-23(10-8-22)16-6-5-15(12-20-16)21-18(25)27-4-2/h5-6,12-13H,3-4,7-10H2,1-2H3,(H,21,25)/b14-13+. The van der Waals surface area contributed by atoms with E-state index in [2.05, 4.69) is 15.2 Å². The van der Waals surface area contributed by atoms with Crippen LogP contribution in [0.5, 0.6) is 0 Å². The van der Waals surface area contributed by atoms with Crippen LogP contribution in [-0.4, -0.2) is 61.3 Å². The molecule has 0 aliphatic carbocycles. The molecule has 1 aromatic rings. The molecule has 9 nitrogen and oxygen atoms in total. The number of pyridine rings is 1. The van der Waals surface area contributed by atoms with Gasteiger partial charge >= 0.3 is 12.1 Å². The van der Waals surface area contributed by atoms with Crippen LogP contribution in [0, 0.1) is 11.3 Å². The summed E-state index contributed by atoms with van der Waals surface area (Å²) >= 11 is 0. The van der Waals surface area contributed by atoms with Crippen LogP contribution in [-0.2, 0) is 14.3 Å². The first-order valence-electron chi connectivity index (χ1n) is 8.75. The van der Waals surface area contributed by atoms with E-state index >= 15 is 0 Å². The second-order valence-corrected chi connectivity index (χ2v) is 5.65. The predicted octanol–water partition coefficient (Wildman–Crippen LogP) is 1.74. The number of hydrogen-bond acceptors (Lipinski definition) is 8. The van der Waals surface area contributed by atoms with Gasteiger partial charge in [0.1, 0.15) is 11.9 Å². The summed E-state index contributed by atoms with van der Waals surface area (Å²) in [6.07, 6.45) is 2.62. The van der Waals surface area contributed by atoms with E-state index in [9.17, 15) is 9.59 Å². The SMILES string of the molecule is CCOC(=O)Nc1ccc(N2CCN(/C=C(\C#N)C(=O)OCC)CC2)nc1. The molecule has 1 saturated heterocycles. The second kappa shape index (κ2) is 10.0. The van der Waals surface area contributed by atoms with E-state index in [-0.39, 0.29) is 12.2 Å². The van der Waals surface area contributed by atoms with Crippen molar-refractivity contribution in [2.75, 3.05) is 49.6 Å². The Morgan fingerprint density at radius 3 is 2.48 bits per heavy atom. The van der Waals surface area contributed by atoms with E-state index in [0.717, 1.165) is 5.82 Å². The van der Waals surface area contributed by atoms with Gasteiger partial charge in [0.15, 0.2) is 5.57 Å². The number of piperazine rings is 1. The number of nitrogens with zero attached hydrogens (tertiary/aromatic N) is 4. The molecule has 1 fully saturated rings. The molecule has 0 unspecified atom stereocenters. The van der Waals surface area contributed by atoms with Crippen LogP contribution in [0.15, 0.2) is 30.1 Å². The summed E-state index contributed by atoms with van der Waals surface area (Å²) < 4.78 is 9.69. The van der Waals surface area contributed by atoms with Crippen molar-refractivity contribution in [3.63, 3.8) is 0 Å². The fourth-order valence-electron chi connectivity index (χ4n) is 2.53. The molecule has 0 atom stereocenters. The molecule has 1 aliphatic rings. The summed E-state index contributed by atoms with van der Waals surface area (Å²) in [5, 5.41) is 11.7. The van der Waals surface area contributed by atoms with Crippen LogP contribution in [0.2, 0.25) is 0 Å². The summed E-state index contributed by atoms with van der Waals surface area (Å²) in [6.45, 7) is 6.65. The van der Waals surface area contributed by atoms with E-state index in [4.69, 9.17) is 14.7 Å². The number of aromatic nitrogens is 1. The molecular formula is C18H23N5O4. The molecule has 27 heavy (non-hydrogen) atoms. The zero-order valence-electron chi connectivity index (χ0n) is 15.5. The Balaban J connectivity index is 1.91. The third-order valence-corrected chi connectivity index (χ3v) is 3.84. The number of carbonyl (C=O) groups is 2. The third kappa shape index (κ3) is 5.88. The molecule has 0 aromatic carbocycles. The number of amides is 1. The Labute approximate surface area is 158 Å². The molecular weight excluding hydrogens is 350 g/mol. The fourth-order valence-corrected chi connectivity index (χ4v) is 2.53. The maximum absolute atomic E-state index is 11.7. The lowest BCUT2D eigenvalue weighted by Crippen LogP contribution is -2.44. The van der Waals surface area contributed by atoms with Crippen LogP contribution in [0.3, 0.4) is 0 Å². The van der Waals surface area contributed by atoms with Gasteiger partial charge in [-0.2, -0.15) is 5.26 Å². The highest BCUT2D eigenvalue weighted by molar-refractivity contribution is 5.92. The largest absolute Gasteiger partial charge is 0.462 e. The fraction of sp³-hybridized carbons (Fsp3) is 0.444. The van der Waals surface area contributed by atoms with Crippen molar-refractivity contribution in [1.29, 1.82) is 5.26 Å². The second-order valence-electron chi connectivity index (χ2n) is 5.65. The molecule has 1 amide bonds. The van der Waals surface area contributed by atoms with Crippen molar-refractivity contribution >= 4 is 23.6 Å². The zero-order chi connectivity index (χ0) is 19.6. The first kappa shape index (κ1) is 20.0. The molecule has 1 aliphatic heterocycles. The van der Waals surface area contributed by atoms with Crippen molar-refractivity contribution in [2.45, 2.75) is 13.8 Å². The molecule has 0 radical (unpaired) electrons.